The van der Waals surface area contributed by atoms with Crippen molar-refractivity contribution in [2.24, 2.45) is 0 Å². The summed E-state index contributed by atoms with van der Waals surface area (Å²) in [5.41, 5.74) is 4.75. The van der Waals surface area contributed by atoms with Crippen molar-refractivity contribution in [3.63, 3.8) is 0 Å². The molecule has 0 amide bonds. The van der Waals surface area contributed by atoms with Gasteiger partial charge in [-0.15, -0.1) is 0 Å². The highest BCUT2D eigenvalue weighted by atomic mass is 16.6. The Morgan fingerprint density at radius 1 is 0.673 bits per heavy atom. The molecule has 0 N–H and O–H groups in total. The Labute approximate surface area is 286 Å². The zero-order valence-corrected chi connectivity index (χ0v) is 27.6. The van der Waals surface area contributed by atoms with Crippen LogP contribution in [0.2, 0.25) is 0 Å². The number of ketones is 1. The van der Waals surface area contributed by atoms with E-state index >= 15 is 0 Å². The van der Waals surface area contributed by atoms with Gasteiger partial charge in [-0.2, -0.15) is 0 Å². The molecule has 1 aliphatic rings. The average molecular weight is 659 g/mol. The summed E-state index contributed by atoms with van der Waals surface area (Å²) in [6.07, 6.45) is -0.0131. The molecule has 1 aliphatic heterocycles. The lowest BCUT2D eigenvalue weighted by molar-refractivity contribution is -0.0801. The maximum absolute atomic E-state index is 13.9. The number of Topliss-reactive ketones (excluding diaryl/α,β-unsaturated/α-hetero) is 1. The van der Waals surface area contributed by atoms with Gasteiger partial charge in [0.25, 0.3) is 0 Å². The number of aryl methyl sites for hydroxylation is 2. The summed E-state index contributed by atoms with van der Waals surface area (Å²) >= 11 is 0. The van der Waals surface area contributed by atoms with Crippen LogP contribution in [0.4, 0.5) is 0 Å². The van der Waals surface area contributed by atoms with Gasteiger partial charge in [0, 0.05) is 12.1 Å². The second-order valence-electron chi connectivity index (χ2n) is 11.9. The fraction of sp³-hybridized carbons (Fsp3) is 0.220. The van der Waals surface area contributed by atoms with Crippen LogP contribution in [0.1, 0.15) is 48.5 Å². The number of rotatable bonds is 15. The van der Waals surface area contributed by atoms with Crippen molar-refractivity contribution in [3.8, 4) is 23.0 Å². The second kappa shape index (κ2) is 16.1. The lowest BCUT2D eigenvalue weighted by Gasteiger charge is -2.28. The van der Waals surface area contributed by atoms with Crippen molar-refractivity contribution in [3.05, 3.63) is 154 Å². The number of hydrogen-bond acceptors (Lipinski definition) is 8. The molecular weight excluding hydrogens is 620 g/mol. The quantitative estimate of drug-likeness (QED) is 0.0638. The van der Waals surface area contributed by atoms with Crippen LogP contribution in [0.25, 0.3) is 0 Å². The van der Waals surface area contributed by atoms with Crippen LogP contribution in [-0.2, 0) is 29.3 Å². The maximum atomic E-state index is 13.9. The van der Waals surface area contributed by atoms with Crippen LogP contribution >= 0.6 is 0 Å². The molecule has 1 fully saturated rings. The van der Waals surface area contributed by atoms with Crippen molar-refractivity contribution < 1.29 is 38.0 Å². The zero-order chi connectivity index (χ0) is 34.0. The highest BCUT2D eigenvalue weighted by Gasteiger charge is 2.26. The summed E-state index contributed by atoms with van der Waals surface area (Å²) in [4.78, 5) is 27.7. The Hall–Kier alpha value is -5.44. The maximum Gasteiger partial charge on any atom is 0.343 e. The SMILES string of the molecule is Cc1cc(C(=O)Oc2cc(OCc3ccccc3)cc(OCc3ccccc3)c2C(=O)COCc2ccccc2)cc(C)c1OC1COC1. The minimum atomic E-state index is -0.641. The Morgan fingerprint density at radius 2 is 1.20 bits per heavy atom. The van der Waals surface area contributed by atoms with Crippen molar-refractivity contribution in [2.75, 3.05) is 19.8 Å². The van der Waals surface area contributed by atoms with E-state index in [1.807, 2.05) is 105 Å². The van der Waals surface area contributed by atoms with Crippen LogP contribution in [0.5, 0.6) is 23.0 Å². The Balaban J connectivity index is 1.32. The summed E-state index contributed by atoms with van der Waals surface area (Å²) in [7, 11) is 0. The molecule has 0 aliphatic carbocycles. The molecule has 0 spiro atoms. The molecule has 0 aromatic heterocycles. The first-order chi connectivity index (χ1) is 23.9. The van der Waals surface area contributed by atoms with Gasteiger partial charge in [0.05, 0.1) is 25.4 Å². The third-order valence-corrected chi connectivity index (χ3v) is 7.94. The number of esters is 1. The first-order valence-electron chi connectivity index (χ1n) is 16.2. The van der Waals surface area contributed by atoms with Crippen LogP contribution in [0, 0.1) is 13.8 Å². The van der Waals surface area contributed by atoms with E-state index in [9.17, 15) is 9.59 Å². The molecule has 8 heteroatoms. The highest BCUT2D eigenvalue weighted by Crippen LogP contribution is 2.37. The van der Waals surface area contributed by atoms with E-state index in [0.29, 0.717) is 30.3 Å². The largest absolute Gasteiger partial charge is 0.489 e. The van der Waals surface area contributed by atoms with Gasteiger partial charge in [-0.3, -0.25) is 4.79 Å². The van der Waals surface area contributed by atoms with Crippen LogP contribution < -0.4 is 18.9 Å². The third kappa shape index (κ3) is 8.93. The molecule has 1 heterocycles. The first-order valence-corrected chi connectivity index (χ1v) is 16.2. The number of ether oxygens (including phenoxy) is 6. The Bertz CT molecular complexity index is 1850. The summed E-state index contributed by atoms with van der Waals surface area (Å²) in [6.45, 7) is 5.23. The Kier molecular flexibility index (Phi) is 11.0. The predicted molar refractivity (Wildman–Crippen MR) is 185 cm³/mol. The summed E-state index contributed by atoms with van der Waals surface area (Å²) < 4.78 is 35.6. The van der Waals surface area contributed by atoms with E-state index in [4.69, 9.17) is 28.4 Å². The highest BCUT2D eigenvalue weighted by molar-refractivity contribution is 6.04. The van der Waals surface area contributed by atoms with Gasteiger partial charge < -0.3 is 28.4 Å². The molecule has 250 valence electrons. The number of hydrogen-bond donors (Lipinski definition) is 0. The summed E-state index contributed by atoms with van der Waals surface area (Å²) in [5.74, 6) is 0.256. The van der Waals surface area contributed by atoms with Gasteiger partial charge >= 0.3 is 5.97 Å². The molecular formula is C41H38O8. The van der Waals surface area contributed by atoms with E-state index in [-0.39, 0.29) is 49.6 Å². The molecule has 0 bridgehead atoms. The fourth-order valence-electron chi connectivity index (χ4n) is 5.36. The molecule has 0 radical (unpaired) electrons. The minimum absolute atomic E-state index is 0.00850. The average Bonchev–Trinajstić information content (AvgIpc) is 3.10. The van der Waals surface area contributed by atoms with Crippen molar-refractivity contribution in [1.29, 1.82) is 0 Å². The van der Waals surface area contributed by atoms with Crippen molar-refractivity contribution >= 4 is 11.8 Å². The minimum Gasteiger partial charge on any atom is -0.489 e. The van der Waals surface area contributed by atoms with Crippen LogP contribution in [0.3, 0.4) is 0 Å². The van der Waals surface area contributed by atoms with E-state index in [0.717, 1.165) is 27.8 Å². The molecule has 0 unspecified atom stereocenters. The second-order valence-corrected chi connectivity index (χ2v) is 11.9. The van der Waals surface area contributed by atoms with Gasteiger partial charge in [0.15, 0.2) is 5.78 Å². The predicted octanol–water partition coefficient (Wildman–Crippen LogP) is 7.86. The summed E-state index contributed by atoms with van der Waals surface area (Å²) in [5, 5.41) is 0. The van der Waals surface area contributed by atoms with Gasteiger partial charge in [-0.05, 0) is 53.8 Å². The van der Waals surface area contributed by atoms with Gasteiger partial charge in [0.2, 0.25) is 0 Å². The fourth-order valence-corrected chi connectivity index (χ4v) is 5.36. The van der Waals surface area contributed by atoms with Crippen LogP contribution in [0.15, 0.2) is 115 Å². The van der Waals surface area contributed by atoms with E-state index in [1.54, 1.807) is 24.3 Å². The topological polar surface area (TPSA) is 89.5 Å². The third-order valence-electron chi connectivity index (χ3n) is 7.94. The van der Waals surface area contributed by atoms with Crippen molar-refractivity contribution in [2.45, 2.75) is 39.8 Å². The molecule has 49 heavy (non-hydrogen) atoms. The molecule has 0 saturated carbocycles. The van der Waals surface area contributed by atoms with Crippen LogP contribution in [-0.4, -0.2) is 37.7 Å². The first kappa shape index (κ1) is 33.5. The molecule has 8 nitrogen and oxygen atoms in total. The molecule has 0 atom stereocenters. The number of benzene rings is 5. The molecule has 5 aromatic carbocycles. The number of carbonyl (C=O) groups excluding carboxylic acids is 2. The van der Waals surface area contributed by atoms with E-state index in [1.165, 1.54) is 0 Å². The monoisotopic (exact) mass is 658 g/mol. The standard InChI is InChI=1S/C41H38O8/c1-28-18-33(19-29(2)40(28)48-35-25-45-26-35)41(43)49-38-21-34(46-23-31-14-8-4-9-15-31)20-37(47-24-32-16-10-5-11-17-32)39(38)36(42)27-44-22-30-12-6-3-7-13-30/h3-21,35H,22-27H2,1-2H3. The van der Waals surface area contributed by atoms with Gasteiger partial charge in [0.1, 0.15) is 54.5 Å². The summed E-state index contributed by atoms with van der Waals surface area (Å²) in [6, 6.07) is 35.5. The normalized spacial score (nSPS) is 12.5. The molecule has 6 rings (SSSR count). The number of carbonyl (C=O) groups is 2. The lowest BCUT2D eigenvalue weighted by Crippen LogP contribution is -2.38. The van der Waals surface area contributed by atoms with E-state index < -0.39 is 11.8 Å². The Morgan fingerprint density at radius 3 is 1.76 bits per heavy atom. The zero-order valence-electron chi connectivity index (χ0n) is 27.6. The molecule has 5 aromatic rings. The van der Waals surface area contributed by atoms with E-state index in [2.05, 4.69) is 0 Å². The van der Waals surface area contributed by atoms with Crippen molar-refractivity contribution in [1.82, 2.24) is 0 Å². The smallest absolute Gasteiger partial charge is 0.343 e. The molecule has 1 saturated heterocycles. The lowest BCUT2D eigenvalue weighted by atomic mass is 10.0. The van der Waals surface area contributed by atoms with Gasteiger partial charge in [-0.1, -0.05) is 91.0 Å². The van der Waals surface area contributed by atoms with Gasteiger partial charge in [-0.25, -0.2) is 4.79 Å².